The Balaban J connectivity index is 2.67. The average Bonchev–Trinajstić information content (AvgIpc) is 2.49. The highest BCUT2D eigenvalue weighted by molar-refractivity contribution is 5.79. The number of rotatable bonds is 6. The number of carboxylic acids is 1. The van der Waals surface area contributed by atoms with Gasteiger partial charge in [0.2, 0.25) is 0 Å². The van der Waals surface area contributed by atoms with Gasteiger partial charge >= 0.3 is 18.2 Å². The molecule has 0 unspecified atom stereocenters. The minimum Gasteiger partial charge on any atom is -0.480 e. The van der Waals surface area contributed by atoms with Gasteiger partial charge in [-0.25, -0.2) is 9.59 Å². The van der Waals surface area contributed by atoms with Crippen molar-refractivity contribution in [2.45, 2.75) is 32.2 Å². The smallest absolute Gasteiger partial charge is 0.410 e. The Morgan fingerprint density at radius 1 is 1.26 bits per heavy atom. The second-order valence-corrected chi connectivity index (χ2v) is 5.18. The molecule has 1 aromatic carbocycles. The van der Waals surface area contributed by atoms with E-state index in [4.69, 9.17) is 9.84 Å². The summed E-state index contributed by atoms with van der Waals surface area (Å²) in [5.41, 5.74) is 0.685. The molecule has 0 aliphatic rings. The maximum atomic E-state index is 12.6. The van der Waals surface area contributed by atoms with Gasteiger partial charge in [-0.1, -0.05) is 37.3 Å². The molecular weight excluding hydrogens is 315 g/mol. The summed E-state index contributed by atoms with van der Waals surface area (Å²) < 4.78 is 42.7. The van der Waals surface area contributed by atoms with Crippen LogP contribution in [0, 0.1) is 5.92 Å². The van der Waals surface area contributed by atoms with Crippen molar-refractivity contribution in [1.29, 1.82) is 0 Å². The molecule has 0 saturated heterocycles. The number of ether oxygens (including phenoxy) is 1. The Hall–Kier alpha value is -2.25. The van der Waals surface area contributed by atoms with E-state index in [1.54, 1.807) is 30.3 Å². The maximum Gasteiger partial charge on any atom is 0.410 e. The van der Waals surface area contributed by atoms with Crippen LogP contribution in [-0.4, -0.2) is 41.3 Å². The molecule has 1 rings (SSSR count). The number of carboxylic acid groups (broad SMARTS) is 1. The molecule has 5 nitrogen and oxygen atoms in total. The number of likely N-dealkylation sites (N-methyl/N-ethyl adjacent to an activating group) is 1. The quantitative estimate of drug-likeness (QED) is 0.867. The van der Waals surface area contributed by atoms with E-state index in [-0.39, 0.29) is 6.61 Å². The third-order valence-corrected chi connectivity index (χ3v) is 3.38. The largest absolute Gasteiger partial charge is 0.480 e. The first-order valence-electron chi connectivity index (χ1n) is 6.86. The summed E-state index contributed by atoms with van der Waals surface area (Å²) in [6.07, 6.45) is -6.26. The summed E-state index contributed by atoms with van der Waals surface area (Å²) in [6.45, 7) is 0.782. The van der Waals surface area contributed by atoms with Crippen LogP contribution in [0.5, 0.6) is 0 Å². The summed E-state index contributed by atoms with van der Waals surface area (Å²) in [6, 6.07) is 7.03. The third-order valence-electron chi connectivity index (χ3n) is 3.38. The van der Waals surface area contributed by atoms with Crippen LogP contribution in [0.4, 0.5) is 18.0 Å². The van der Waals surface area contributed by atoms with Gasteiger partial charge in [0.15, 0.2) is 0 Å². The third kappa shape index (κ3) is 5.80. The van der Waals surface area contributed by atoms with E-state index in [1.807, 2.05) is 0 Å². The summed E-state index contributed by atoms with van der Waals surface area (Å²) >= 11 is 0. The first-order chi connectivity index (χ1) is 10.6. The zero-order valence-corrected chi connectivity index (χ0v) is 12.7. The van der Waals surface area contributed by atoms with E-state index in [0.29, 0.717) is 10.5 Å². The first kappa shape index (κ1) is 18.8. The van der Waals surface area contributed by atoms with E-state index in [9.17, 15) is 22.8 Å². The predicted molar refractivity (Wildman–Crippen MR) is 75.6 cm³/mol. The number of hydrogen-bond acceptors (Lipinski definition) is 3. The fourth-order valence-electron chi connectivity index (χ4n) is 1.84. The van der Waals surface area contributed by atoms with Gasteiger partial charge in [-0.3, -0.25) is 4.90 Å². The zero-order chi connectivity index (χ0) is 17.6. The number of halogens is 3. The molecule has 23 heavy (non-hydrogen) atoms. The van der Waals surface area contributed by atoms with E-state index in [1.165, 1.54) is 0 Å². The van der Waals surface area contributed by atoms with Gasteiger partial charge in [0.1, 0.15) is 12.6 Å². The Kier molecular flexibility index (Phi) is 6.41. The van der Waals surface area contributed by atoms with Crippen molar-refractivity contribution < 1.29 is 32.6 Å². The Morgan fingerprint density at radius 3 is 2.30 bits per heavy atom. The molecule has 0 saturated carbocycles. The highest BCUT2D eigenvalue weighted by atomic mass is 19.4. The standard InChI is InChI=1S/C15H18F3NO4/c1-10(15(16,17)18)8-12(13(20)21)19(2)14(22)23-9-11-6-4-3-5-7-11/h3-7,10,12H,8-9H2,1-2H3,(H,20,21)/t10-,12-/m0/s1. The van der Waals surface area contributed by atoms with Crippen LogP contribution < -0.4 is 0 Å². The van der Waals surface area contributed by atoms with Gasteiger partial charge in [-0.2, -0.15) is 13.2 Å². The van der Waals surface area contributed by atoms with Crippen molar-refractivity contribution in [3.05, 3.63) is 35.9 Å². The molecule has 1 amide bonds. The number of benzene rings is 1. The summed E-state index contributed by atoms with van der Waals surface area (Å²) in [7, 11) is 1.11. The molecule has 0 heterocycles. The highest BCUT2D eigenvalue weighted by Gasteiger charge is 2.40. The van der Waals surface area contributed by atoms with Crippen LogP contribution in [0.25, 0.3) is 0 Å². The van der Waals surface area contributed by atoms with Crippen LogP contribution >= 0.6 is 0 Å². The number of nitrogens with zero attached hydrogens (tertiary/aromatic N) is 1. The molecular formula is C15H18F3NO4. The van der Waals surface area contributed by atoms with Crippen LogP contribution in [0.2, 0.25) is 0 Å². The predicted octanol–water partition coefficient (Wildman–Crippen LogP) is 3.30. The van der Waals surface area contributed by atoms with Crippen molar-refractivity contribution in [3.63, 3.8) is 0 Å². The molecule has 8 heteroatoms. The maximum absolute atomic E-state index is 12.6. The first-order valence-corrected chi connectivity index (χ1v) is 6.86. The van der Waals surface area contributed by atoms with Gasteiger partial charge in [0.05, 0.1) is 5.92 Å². The van der Waals surface area contributed by atoms with E-state index in [2.05, 4.69) is 0 Å². The van der Waals surface area contributed by atoms with E-state index < -0.39 is 36.6 Å². The highest BCUT2D eigenvalue weighted by Crippen LogP contribution is 2.30. The molecule has 1 aromatic rings. The molecule has 0 aliphatic heterocycles. The van der Waals surface area contributed by atoms with Gasteiger partial charge in [0, 0.05) is 7.05 Å². The molecule has 128 valence electrons. The molecule has 0 aromatic heterocycles. The van der Waals surface area contributed by atoms with Gasteiger partial charge in [-0.05, 0) is 12.0 Å². The number of aliphatic carboxylic acids is 1. The van der Waals surface area contributed by atoms with Crippen molar-refractivity contribution >= 4 is 12.1 Å². The van der Waals surface area contributed by atoms with Crippen molar-refractivity contribution in [3.8, 4) is 0 Å². The molecule has 2 atom stereocenters. The van der Waals surface area contributed by atoms with Crippen LogP contribution in [0.1, 0.15) is 18.9 Å². The Labute approximate surface area is 131 Å². The lowest BCUT2D eigenvalue weighted by Crippen LogP contribution is -2.45. The number of amides is 1. The van der Waals surface area contributed by atoms with Crippen LogP contribution in [0.15, 0.2) is 30.3 Å². The second kappa shape index (κ2) is 7.85. The van der Waals surface area contributed by atoms with Crippen LogP contribution in [-0.2, 0) is 16.1 Å². The number of hydrogen-bond donors (Lipinski definition) is 1. The van der Waals surface area contributed by atoms with Gasteiger partial charge < -0.3 is 9.84 Å². The lowest BCUT2D eigenvalue weighted by atomic mass is 10.0. The SMILES string of the molecule is C[C@@H](C[C@@H](C(=O)O)N(C)C(=O)OCc1ccccc1)C(F)(F)F. The normalized spacial score (nSPS) is 14.0. The number of carbonyl (C=O) groups excluding carboxylic acids is 1. The molecule has 0 aliphatic carbocycles. The van der Waals surface area contributed by atoms with Gasteiger partial charge in [0.25, 0.3) is 0 Å². The summed E-state index contributed by atoms with van der Waals surface area (Å²) in [5.74, 6) is -3.37. The summed E-state index contributed by atoms with van der Waals surface area (Å²) in [4.78, 5) is 23.7. The molecule has 0 radical (unpaired) electrons. The van der Waals surface area contributed by atoms with E-state index >= 15 is 0 Å². The number of carbonyl (C=O) groups is 2. The van der Waals surface area contributed by atoms with Gasteiger partial charge in [-0.15, -0.1) is 0 Å². The Bertz CT molecular complexity index is 533. The number of alkyl halides is 3. The van der Waals surface area contributed by atoms with Crippen molar-refractivity contribution in [1.82, 2.24) is 4.90 Å². The van der Waals surface area contributed by atoms with E-state index in [0.717, 1.165) is 14.0 Å². The lowest BCUT2D eigenvalue weighted by Gasteiger charge is -2.27. The summed E-state index contributed by atoms with van der Waals surface area (Å²) in [5, 5.41) is 9.08. The second-order valence-electron chi connectivity index (χ2n) is 5.18. The zero-order valence-electron chi connectivity index (χ0n) is 12.7. The molecule has 0 spiro atoms. The fourth-order valence-corrected chi connectivity index (χ4v) is 1.84. The Morgan fingerprint density at radius 2 is 1.83 bits per heavy atom. The lowest BCUT2D eigenvalue weighted by molar-refractivity contribution is -0.176. The van der Waals surface area contributed by atoms with Crippen LogP contribution in [0.3, 0.4) is 0 Å². The average molecular weight is 333 g/mol. The topological polar surface area (TPSA) is 66.8 Å². The molecule has 0 bridgehead atoms. The minimum atomic E-state index is -4.53. The monoisotopic (exact) mass is 333 g/mol. The fraction of sp³-hybridized carbons (Fsp3) is 0.467. The van der Waals surface area contributed by atoms with Crippen molar-refractivity contribution in [2.24, 2.45) is 5.92 Å². The minimum absolute atomic E-state index is 0.0921. The van der Waals surface area contributed by atoms with Crippen molar-refractivity contribution in [2.75, 3.05) is 7.05 Å². The molecule has 1 N–H and O–H groups in total. The molecule has 0 fully saturated rings.